The van der Waals surface area contributed by atoms with Gasteiger partial charge in [-0.15, -0.1) is 0 Å². The highest BCUT2D eigenvalue weighted by Gasteiger charge is 2.25. The molecule has 0 N–H and O–H groups in total. The average molecular weight is 541 g/mol. The Balaban J connectivity index is 1.41. The topological polar surface area (TPSA) is 45.7 Å². The van der Waals surface area contributed by atoms with Gasteiger partial charge in [-0.3, -0.25) is 9.69 Å². The highest BCUT2D eigenvalue weighted by atomic mass is 127. The van der Waals surface area contributed by atoms with E-state index in [0.717, 1.165) is 41.8 Å². The summed E-state index contributed by atoms with van der Waals surface area (Å²) in [5, 5.41) is 0. The number of hydrogen-bond donors (Lipinski definition) is 0. The summed E-state index contributed by atoms with van der Waals surface area (Å²) in [5.74, 6) is 2.18. The van der Waals surface area contributed by atoms with E-state index in [1.807, 2.05) is 54.6 Å². The van der Waals surface area contributed by atoms with Gasteiger partial charge in [-0.2, -0.15) is 0 Å². The van der Waals surface area contributed by atoms with Crippen molar-refractivity contribution < 1.29 is 9.53 Å². The minimum atomic E-state index is -0.0102. The zero-order chi connectivity index (χ0) is 22.3. The molecule has 0 aliphatic carbocycles. The van der Waals surface area contributed by atoms with Gasteiger partial charge in [0, 0.05) is 28.4 Å². The third-order valence-electron chi connectivity index (χ3n) is 6.07. The van der Waals surface area contributed by atoms with Crippen LogP contribution >= 0.6 is 22.6 Å². The summed E-state index contributed by atoms with van der Waals surface area (Å²) in [4.78, 5) is 22.0. The molecule has 2 aromatic carbocycles. The second kappa shape index (κ2) is 10.9. The number of nitrogens with zero attached hydrogens (tertiary/aromatic N) is 3. The fourth-order valence-corrected chi connectivity index (χ4v) is 4.65. The van der Waals surface area contributed by atoms with Crippen molar-refractivity contribution in [3.05, 3.63) is 87.6 Å². The van der Waals surface area contributed by atoms with Crippen molar-refractivity contribution in [2.75, 3.05) is 38.2 Å². The Labute approximate surface area is 203 Å². The summed E-state index contributed by atoms with van der Waals surface area (Å²) in [5.41, 5.74) is 1.99. The number of ether oxygens (including phenoxy) is 1. The molecule has 1 saturated heterocycles. The molecule has 0 unspecified atom stereocenters. The number of para-hydroxylation sites is 1. The molecule has 1 fully saturated rings. The van der Waals surface area contributed by atoms with Crippen LogP contribution in [0.4, 0.5) is 5.82 Å². The number of methoxy groups -OCH3 is 1. The summed E-state index contributed by atoms with van der Waals surface area (Å²) >= 11 is 2.25. The number of carbonyl (C=O) groups is 1. The lowest BCUT2D eigenvalue weighted by molar-refractivity contribution is 0.0980. The van der Waals surface area contributed by atoms with E-state index >= 15 is 0 Å². The van der Waals surface area contributed by atoms with Crippen LogP contribution in [0.2, 0.25) is 0 Å². The number of benzene rings is 2. The van der Waals surface area contributed by atoms with Crippen molar-refractivity contribution in [2.24, 2.45) is 0 Å². The van der Waals surface area contributed by atoms with Crippen LogP contribution in [0.5, 0.6) is 5.75 Å². The Morgan fingerprint density at radius 1 is 1.06 bits per heavy atom. The molecule has 3 aromatic rings. The molecule has 0 atom stereocenters. The molecule has 0 saturated carbocycles. The third kappa shape index (κ3) is 5.48. The van der Waals surface area contributed by atoms with Crippen LogP contribution in [0.1, 0.15) is 34.7 Å². The van der Waals surface area contributed by atoms with E-state index in [9.17, 15) is 4.79 Å². The van der Waals surface area contributed by atoms with E-state index in [1.165, 1.54) is 5.56 Å². The highest BCUT2D eigenvalue weighted by Crippen LogP contribution is 2.34. The van der Waals surface area contributed by atoms with E-state index in [2.05, 4.69) is 44.6 Å². The number of hydrogen-bond acceptors (Lipinski definition) is 4. The summed E-state index contributed by atoms with van der Waals surface area (Å²) < 4.78 is 6.68. The molecule has 32 heavy (non-hydrogen) atoms. The van der Waals surface area contributed by atoms with Gasteiger partial charge < -0.3 is 9.64 Å². The number of rotatable bonds is 7. The predicted octanol–water partition coefficient (Wildman–Crippen LogP) is 5.22. The summed E-state index contributed by atoms with van der Waals surface area (Å²) in [6.45, 7) is 3.46. The van der Waals surface area contributed by atoms with Crippen molar-refractivity contribution >= 4 is 34.3 Å². The highest BCUT2D eigenvalue weighted by molar-refractivity contribution is 14.1. The first-order valence-corrected chi connectivity index (χ1v) is 12.1. The standard InChI is InChI=1S/C26H28IN3O2/c1-32-24-7-3-2-6-23(24)20-13-16-29(17-14-20)18-19-30(25-8-4-5-15-28-25)26(31)21-9-11-22(27)12-10-21/h2-12,15,20H,13-14,16-19H2,1H3. The largest absolute Gasteiger partial charge is 0.496 e. The van der Waals surface area contributed by atoms with Crippen LogP contribution in [-0.4, -0.2) is 49.1 Å². The first kappa shape index (κ1) is 22.7. The molecule has 5 nitrogen and oxygen atoms in total. The zero-order valence-corrected chi connectivity index (χ0v) is 20.4. The Kier molecular flexibility index (Phi) is 7.76. The van der Waals surface area contributed by atoms with Crippen molar-refractivity contribution in [3.8, 4) is 5.75 Å². The van der Waals surface area contributed by atoms with Crippen LogP contribution in [0.15, 0.2) is 72.9 Å². The molecule has 4 rings (SSSR count). The quantitative estimate of drug-likeness (QED) is 0.385. The van der Waals surface area contributed by atoms with E-state index in [1.54, 1.807) is 18.2 Å². The second-order valence-corrected chi connectivity index (χ2v) is 9.26. The minimum Gasteiger partial charge on any atom is -0.496 e. The van der Waals surface area contributed by atoms with Gasteiger partial charge >= 0.3 is 0 Å². The maximum Gasteiger partial charge on any atom is 0.259 e. The number of piperidine rings is 1. The van der Waals surface area contributed by atoms with Crippen LogP contribution in [0, 0.1) is 3.57 Å². The fraction of sp³-hybridized carbons (Fsp3) is 0.308. The smallest absolute Gasteiger partial charge is 0.259 e. The number of carbonyl (C=O) groups excluding carboxylic acids is 1. The fourth-order valence-electron chi connectivity index (χ4n) is 4.29. The van der Waals surface area contributed by atoms with Crippen LogP contribution in [-0.2, 0) is 0 Å². The molecule has 6 heteroatoms. The SMILES string of the molecule is COc1ccccc1C1CCN(CCN(C(=O)c2ccc(I)cc2)c2ccccn2)CC1. The second-order valence-electron chi connectivity index (χ2n) is 8.01. The summed E-state index contributed by atoms with van der Waals surface area (Å²) in [6.07, 6.45) is 3.92. The number of aromatic nitrogens is 1. The van der Waals surface area contributed by atoms with E-state index in [-0.39, 0.29) is 5.91 Å². The first-order valence-electron chi connectivity index (χ1n) is 11.0. The molecule has 2 heterocycles. The Morgan fingerprint density at radius 3 is 2.47 bits per heavy atom. The monoisotopic (exact) mass is 541 g/mol. The lowest BCUT2D eigenvalue weighted by Gasteiger charge is -2.34. The van der Waals surface area contributed by atoms with Gasteiger partial charge in [-0.05, 0) is 102 Å². The predicted molar refractivity (Wildman–Crippen MR) is 136 cm³/mol. The third-order valence-corrected chi connectivity index (χ3v) is 6.79. The molecule has 0 bridgehead atoms. The Hall–Kier alpha value is -2.45. The Bertz CT molecular complexity index is 1020. The molecule has 166 valence electrons. The van der Waals surface area contributed by atoms with Gasteiger partial charge in [0.2, 0.25) is 0 Å². The van der Waals surface area contributed by atoms with Crippen molar-refractivity contribution in [3.63, 3.8) is 0 Å². The van der Waals surface area contributed by atoms with Gasteiger partial charge in [0.05, 0.1) is 7.11 Å². The molecule has 0 radical (unpaired) electrons. The lowest BCUT2D eigenvalue weighted by atomic mass is 9.89. The van der Waals surface area contributed by atoms with Crippen LogP contribution in [0.3, 0.4) is 0 Å². The first-order chi connectivity index (χ1) is 15.7. The number of halogens is 1. The molecule has 1 aliphatic heterocycles. The minimum absolute atomic E-state index is 0.0102. The van der Waals surface area contributed by atoms with Gasteiger partial charge in [-0.25, -0.2) is 4.98 Å². The van der Waals surface area contributed by atoms with Gasteiger partial charge in [0.15, 0.2) is 0 Å². The summed E-state index contributed by atoms with van der Waals surface area (Å²) in [6, 6.07) is 21.7. The maximum absolute atomic E-state index is 13.3. The van der Waals surface area contributed by atoms with Crippen molar-refractivity contribution in [1.29, 1.82) is 0 Å². The number of anilines is 1. The van der Waals surface area contributed by atoms with Crippen molar-refractivity contribution in [1.82, 2.24) is 9.88 Å². The Morgan fingerprint density at radius 2 is 1.78 bits per heavy atom. The molecule has 0 spiro atoms. The summed E-state index contributed by atoms with van der Waals surface area (Å²) in [7, 11) is 1.74. The number of amides is 1. The number of likely N-dealkylation sites (tertiary alicyclic amines) is 1. The molecule has 1 amide bonds. The molecule has 1 aromatic heterocycles. The molecular weight excluding hydrogens is 513 g/mol. The van der Waals surface area contributed by atoms with Gasteiger partial charge in [0.1, 0.15) is 11.6 Å². The van der Waals surface area contributed by atoms with E-state index in [4.69, 9.17) is 4.74 Å². The van der Waals surface area contributed by atoms with Gasteiger partial charge in [0.25, 0.3) is 5.91 Å². The van der Waals surface area contributed by atoms with E-state index < -0.39 is 0 Å². The molecule has 1 aliphatic rings. The van der Waals surface area contributed by atoms with Crippen LogP contribution < -0.4 is 9.64 Å². The van der Waals surface area contributed by atoms with E-state index in [0.29, 0.717) is 23.8 Å². The van der Waals surface area contributed by atoms with Gasteiger partial charge in [-0.1, -0.05) is 24.3 Å². The number of pyridine rings is 1. The molecular formula is C26H28IN3O2. The zero-order valence-electron chi connectivity index (χ0n) is 18.3. The maximum atomic E-state index is 13.3. The lowest BCUT2D eigenvalue weighted by Crippen LogP contribution is -2.42. The normalized spacial score (nSPS) is 14.8. The van der Waals surface area contributed by atoms with Crippen LogP contribution in [0.25, 0.3) is 0 Å². The average Bonchev–Trinajstić information content (AvgIpc) is 2.85. The van der Waals surface area contributed by atoms with Crippen molar-refractivity contribution in [2.45, 2.75) is 18.8 Å².